The largest absolute Gasteiger partial charge is 0.353 e. The van der Waals surface area contributed by atoms with E-state index in [1.165, 1.54) is 18.5 Å². The second-order valence-corrected chi connectivity index (χ2v) is 11.3. The molecule has 3 aliphatic carbocycles. The number of carbonyl (C=O) groups is 1. The van der Waals surface area contributed by atoms with Crippen molar-refractivity contribution in [3.8, 4) is 0 Å². The number of carbonyl (C=O) groups excluding carboxylic acids is 2. The van der Waals surface area contributed by atoms with Gasteiger partial charge in [-0.3, -0.25) is 4.79 Å². The Hall–Kier alpha value is -1.54. The van der Waals surface area contributed by atoms with E-state index in [2.05, 4.69) is 57.3 Å². The van der Waals surface area contributed by atoms with Gasteiger partial charge in [0.05, 0.1) is 0 Å². The van der Waals surface area contributed by atoms with E-state index < -0.39 is 0 Å². The topological polar surface area (TPSA) is 58.2 Å². The van der Waals surface area contributed by atoms with Gasteiger partial charge in [0.15, 0.2) is 0 Å². The first-order valence-electron chi connectivity index (χ1n) is 11.1. The van der Waals surface area contributed by atoms with Crippen LogP contribution in [0.5, 0.6) is 0 Å². The van der Waals surface area contributed by atoms with Gasteiger partial charge in [0.25, 0.3) is 0 Å². The number of rotatable bonds is 1. The standard InChI is InChI=1S/C24H36N2O2/c1-22(2,3)26-21(28)19-8-7-17-16-6-9-20-24(5,12-10-15(14-27)25-20)18(16)11-13-23(17,19)4/h9,16-19,25H,6-8,10-13H2,1-5H3,(H,26,28)/t16-,17-,18-,19+,23-,24+/m0/s1. The molecule has 4 nitrogen and oxygen atoms in total. The molecule has 1 aliphatic heterocycles. The van der Waals surface area contributed by atoms with Crippen molar-refractivity contribution >= 4 is 11.8 Å². The molecule has 1 amide bonds. The maximum Gasteiger partial charge on any atom is 0.224 e. The van der Waals surface area contributed by atoms with E-state index in [1.54, 1.807) is 0 Å². The molecule has 0 bridgehead atoms. The van der Waals surface area contributed by atoms with Crippen LogP contribution < -0.4 is 10.6 Å². The Kier molecular flexibility index (Phi) is 4.58. The molecule has 154 valence electrons. The van der Waals surface area contributed by atoms with Crippen LogP contribution in [0.4, 0.5) is 0 Å². The molecular formula is C24H36N2O2. The lowest BCUT2D eigenvalue weighted by Gasteiger charge is -2.57. The molecule has 0 spiro atoms. The highest BCUT2D eigenvalue weighted by atomic mass is 16.2. The molecule has 0 aromatic rings. The molecular weight excluding hydrogens is 348 g/mol. The van der Waals surface area contributed by atoms with Crippen molar-refractivity contribution in [1.29, 1.82) is 0 Å². The van der Waals surface area contributed by atoms with Gasteiger partial charge in [-0.2, -0.15) is 0 Å². The predicted molar refractivity (Wildman–Crippen MR) is 111 cm³/mol. The van der Waals surface area contributed by atoms with E-state index in [0.717, 1.165) is 32.1 Å². The van der Waals surface area contributed by atoms with Crippen molar-refractivity contribution < 1.29 is 9.59 Å². The highest BCUT2D eigenvalue weighted by Gasteiger charge is 2.60. The molecule has 2 N–H and O–H groups in total. The summed E-state index contributed by atoms with van der Waals surface area (Å²) in [5, 5.41) is 6.65. The second kappa shape index (κ2) is 6.49. The van der Waals surface area contributed by atoms with Gasteiger partial charge >= 0.3 is 0 Å². The van der Waals surface area contributed by atoms with Crippen LogP contribution in [0, 0.1) is 34.5 Å². The summed E-state index contributed by atoms with van der Waals surface area (Å²) in [6.45, 7) is 11.0. The van der Waals surface area contributed by atoms with Crippen LogP contribution in [-0.2, 0) is 9.59 Å². The molecule has 28 heavy (non-hydrogen) atoms. The summed E-state index contributed by atoms with van der Waals surface area (Å²) in [6.07, 6.45) is 9.79. The number of piperidine rings is 1. The monoisotopic (exact) mass is 384 g/mol. The normalized spacial score (nSPS) is 42.3. The predicted octanol–water partition coefficient (Wildman–Crippen LogP) is 4.35. The SMILES string of the molecule is CC(C)(C)NC(=O)[C@H]1CC[C@H]2[C@@H]3CC=C4NC(=C=O)CC[C@]4(C)[C@H]3CC[C@]12C. The molecule has 1 heterocycles. The van der Waals surface area contributed by atoms with Crippen LogP contribution in [0.25, 0.3) is 0 Å². The van der Waals surface area contributed by atoms with Gasteiger partial charge in [0.1, 0.15) is 11.6 Å². The summed E-state index contributed by atoms with van der Waals surface area (Å²) >= 11 is 0. The van der Waals surface area contributed by atoms with E-state index in [1.807, 2.05) is 0 Å². The number of nitrogens with one attached hydrogen (secondary N) is 2. The molecule has 0 aromatic carbocycles. The van der Waals surface area contributed by atoms with Crippen LogP contribution >= 0.6 is 0 Å². The van der Waals surface area contributed by atoms with E-state index in [-0.39, 0.29) is 28.2 Å². The maximum absolute atomic E-state index is 13.1. The van der Waals surface area contributed by atoms with Crippen LogP contribution in [0.2, 0.25) is 0 Å². The lowest BCUT2D eigenvalue weighted by Crippen LogP contribution is -2.54. The zero-order valence-electron chi connectivity index (χ0n) is 18.2. The van der Waals surface area contributed by atoms with Crippen LogP contribution in [0.3, 0.4) is 0 Å². The first kappa shape index (κ1) is 19.8. The number of allylic oxidation sites excluding steroid dienone is 3. The van der Waals surface area contributed by atoms with E-state index >= 15 is 0 Å². The Bertz CT molecular complexity index is 757. The third-order valence-corrected chi connectivity index (χ3v) is 8.58. The smallest absolute Gasteiger partial charge is 0.224 e. The lowest BCUT2D eigenvalue weighted by atomic mass is 9.49. The molecule has 0 radical (unpaired) electrons. The summed E-state index contributed by atoms with van der Waals surface area (Å²) in [7, 11) is 0. The summed E-state index contributed by atoms with van der Waals surface area (Å²) in [5.41, 5.74) is 2.05. The fourth-order valence-electron chi connectivity index (χ4n) is 7.18. The minimum absolute atomic E-state index is 0.119. The molecule has 0 unspecified atom stereocenters. The fourth-order valence-corrected chi connectivity index (χ4v) is 7.18. The molecule has 1 saturated heterocycles. The number of fused-ring (bicyclic) bond motifs is 5. The molecule has 3 fully saturated rings. The summed E-state index contributed by atoms with van der Waals surface area (Å²) in [6, 6.07) is 0. The van der Waals surface area contributed by atoms with Gasteiger partial charge in [-0.25, -0.2) is 4.79 Å². The number of amides is 1. The van der Waals surface area contributed by atoms with Gasteiger partial charge < -0.3 is 10.6 Å². The van der Waals surface area contributed by atoms with E-state index in [9.17, 15) is 9.59 Å². The fraction of sp³-hybridized carbons (Fsp3) is 0.792. The zero-order valence-corrected chi connectivity index (χ0v) is 18.2. The van der Waals surface area contributed by atoms with Gasteiger partial charge in [-0.05, 0) is 88.9 Å². The zero-order chi connectivity index (χ0) is 20.3. The molecule has 4 rings (SSSR count). The average molecular weight is 385 g/mol. The highest BCUT2D eigenvalue weighted by molar-refractivity contribution is 5.80. The minimum Gasteiger partial charge on any atom is -0.353 e. The second-order valence-electron chi connectivity index (χ2n) is 11.3. The Morgan fingerprint density at radius 3 is 2.61 bits per heavy atom. The molecule has 2 saturated carbocycles. The van der Waals surface area contributed by atoms with E-state index in [0.29, 0.717) is 23.5 Å². The van der Waals surface area contributed by atoms with Gasteiger partial charge in [-0.15, -0.1) is 0 Å². The van der Waals surface area contributed by atoms with Gasteiger partial charge in [0, 0.05) is 22.6 Å². The quantitative estimate of drug-likeness (QED) is 0.661. The highest BCUT2D eigenvalue weighted by Crippen LogP contribution is 2.65. The van der Waals surface area contributed by atoms with E-state index in [4.69, 9.17) is 0 Å². The molecule has 4 aliphatic rings. The number of hydrogen-bond acceptors (Lipinski definition) is 3. The molecule has 4 heteroatoms. The third kappa shape index (κ3) is 2.96. The first-order chi connectivity index (χ1) is 13.1. The Morgan fingerprint density at radius 1 is 1.18 bits per heavy atom. The van der Waals surface area contributed by atoms with Crippen molar-refractivity contribution in [3.63, 3.8) is 0 Å². The van der Waals surface area contributed by atoms with Crippen molar-refractivity contribution in [3.05, 3.63) is 17.5 Å². The summed E-state index contributed by atoms with van der Waals surface area (Å²) in [5.74, 6) is 4.41. The van der Waals surface area contributed by atoms with Crippen LogP contribution in [-0.4, -0.2) is 17.4 Å². The van der Waals surface area contributed by atoms with Crippen molar-refractivity contribution in [2.45, 2.75) is 85.1 Å². The molecule has 0 aromatic heterocycles. The Labute approximate surface area is 169 Å². The Morgan fingerprint density at radius 2 is 1.93 bits per heavy atom. The summed E-state index contributed by atoms with van der Waals surface area (Å²) in [4.78, 5) is 24.2. The summed E-state index contributed by atoms with van der Waals surface area (Å²) < 4.78 is 0. The van der Waals surface area contributed by atoms with Crippen molar-refractivity contribution in [1.82, 2.24) is 10.6 Å². The maximum atomic E-state index is 13.1. The van der Waals surface area contributed by atoms with Crippen molar-refractivity contribution in [2.24, 2.45) is 34.5 Å². The van der Waals surface area contributed by atoms with Crippen molar-refractivity contribution in [2.75, 3.05) is 0 Å². The van der Waals surface area contributed by atoms with Crippen LogP contribution in [0.1, 0.15) is 79.6 Å². The van der Waals surface area contributed by atoms with Gasteiger partial charge in [0.2, 0.25) is 5.91 Å². The van der Waals surface area contributed by atoms with Crippen LogP contribution in [0.15, 0.2) is 17.5 Å². The average Bonchev–Trinajstić information content (AvgIpc) is 2.97. The number of hydrogen-bond donors (Lipinski definition) is 2. The minimum atomic E-state index is -0.170. The lowest BCUT2D eigenvalue weighted by molar-refractivity contribution is -0.133. The molecule has 6 atom stereocenters. The Balaban J connectivity index is 1.59. The first-order valence-corrected chi connectivity index (χ1v) is 11.1. The van der Waals surface area contributed by atoms with Gasteiger partial charge in [-0.1, -0.05) is 19.9 Å². The third-order valence-electron chi connectivity index (χ3n) is 8.58.